The summed E-state index contributed by atoms with van der Waals surface area (Å²) in [6.07, 6.45) is 3.08. The third kappa shape index (κ3) is 3.62. The average molecular weight is 143 g/mol. The summed E-state index contributed by atoms with van der Waals surface area (Å²) in [5, 5.41) is 2.95. The SMILES string of the molecule is CCC(C)CC(C=O)NC. The highest BCUT2D eigenvalue weighted by Crippen LogP contribution is 2.07. The Hall–Kier alpha value is -0.370. The van der Waals surface area contributed by atoms with Crippen molar-refractivity contribution >= 4 is 6.29 Å². The smallest absolute Gasteiger partial charge is 0.136 e. The summed E-state index contributed by atoms with van der Waals surface area (Å²) in [4.78, 5) is 10.3. The van der Waals surface area contributed by atoms with Crippen LogP contribution in [0.2, 0.25) is 0 Å². The van der Waals surface area contributed by atoms with Gasteiger partial charge in [-0.2, -0.15) is 0 Å². The van der Waals surface area contributed by atoms with Crippen molar-refractivity contribution in [3.05, 3.63) is 0 Å². The summed E-state index contributed by atoms with van der Waals surface area (Å²) in [5.74, 6) is 0.641. The summed E-state index contributed by atoms with van der Waals surface area (Å²) in [5.41, 5.74) is 0. The van der Waals surface area contributed by atoms with Gasteiger partial charge in [0.15, 0.2) is 0 Å². The highest BCUT2D eigenvalue weighted by atomic mass is 16.1. The molecule has 0 aromatic carbocycles. The summed E-state index contributed by atoms with van der Waals surface area (Å²) in [6.45, 7) is 4.30. The fourth-order valence-electron chi connectivity index (χ4n) is 0.842. The van der Waals surface area contributed by atoms with Crippen LogP contribution in [0.4, 0.5) is 0 Å². The van der Waals surface area contributed by atoms with Crippen molar-refractivity contribution in [1.29, 1.82) is 0 Å². The first-order valence-electron chi connectivity index (χ1n) is 3.87. The molecule has 0 saturated carbocycles. The predicted octanol–water partition coefficient (Wildman–Crippen LogP) is 1.21. The van der Waals surface area contributed by atoms with Gasteiger partial charge in [-0.3, -0.25) is 0 Å². The van der Waals surface area contributed by atoms with Gasteiger partial charge in [0.25, 0.3) is 0 Å². The van der Waals surface area contributed by atoms with Crippen molar-refractivity contribution < 1.29 is 4.79 Å². The van der Waals surface area contributed by atoms with E-state index in [0.717, 1.165) is 19.1 Å². The van der Waals surface area contributed by atoms with Crippen molar-refractivity contribution in [3.8, 4) is 0 Å². The van der Waals surface area contributed by atoms with Crippen LogP contribution in [0.3, 0.4) is 0 Å². The maximum atomic E-state index is 10.3. The van der Waals surface area contributed by atoms with Gasteiger partial charge in [0.05, 0.1) is 6.04 Å². The van der Waals surface area contributed by atoms with Crippen LogP contribution >= 0.6 is 0 Å². The van der Waals surface area contributed by atoms with Crippen LogP contribution in [0, 0.1) is 5.92 Å². The molecule has 0 aliphatic carbocycles. The van der Waals surface area contributed by atoms with Crippen LogP contribution in [0.25, 0.3) is 0 Å². The Bertz CT molecular complexity index is 93.3. The Labute approximate surface area is 63.0 Å². The van der Waals surface area contributed by atoms with E-state index in [9.17, 15) is 4.79 Å². The second-order valence-corrected chi connectivity index (χ2v) is 2.78. The van der Waals surface area contributed by atoms with E-state index in [2.05, 4.69) is 19.2 Å². The van der Waals surface area contributed by atoms with E-state index in [4.69, 9.17) is 0 Å². The first-order chi connectivity index (χ1) is 4.74. The molecule has 0 rings (SSSR count). The summed E-state index contributed by atoms with van der Waals surface area (Å²) in [7, 11) is 1.82. The second-order valence-electron chi connectivity index (χ2n) is 2.78. The number of rotatable bonds is 5. The Morgan fingerprint density at radius 2 is 2.20 bits per heavy atom. The Morgan fingerprint density at radius 1 is 1.60 bits per heavy atom. The quantitative estimate of drug-likeness (QED) is 0.586. The van der Waals surface area contributed by atoms with Crippen LogP contribution in [-0.2, 0) is 4.79 Å². The number of nitrogens with one attached hydrogen (secondary N) is 1. The Balaban J connectivity index is 3.51. The first-order valence-corrected chi connectivity index (χ1v) is 3.87. The van der Waals surface area contributed by atoms with Crippen molar-refractivity contribution in [1.82, 2.24) is 5.32 Å². The lowest BCUT2D eigenvalue weighted by molar-refractivity contribution is -0.109. The van der Waals surface area contributed by atoms with E-state index in [1.807, 2.05) is 7.05 Å². The van der Waals surface area contributed by atoms with E-state index < -0.39 is 0 Å². The molecule has 60 valence electrons. The zero-order valence-corrected chi connectivity index (χ0v) is 7.05. The van der Waals surface area contributed by atoms with Gasteiger partial charge in [0.2, 0.25) is 0 Å². The number of likely N-dealkylation sites (N-methyl/N-ethyl adjacent to an activating group) is 1. The van der Waals surface area contributed by atoms with Crippen molar-refractivity contribution in [2.45, 2.75) is 32.7 Å². The van der Waals surface area contributed by atoms with Gasteiger partial charge in [0.1, 0.15) is 6.29 Å². The van der Waals surface area contributed by atoms with E-state index in [-0.39, 0.29) is 6.04 Å². The molecule has 0 aromatic rings. The lowest BCUT2D eigenvalue weighted by Crippen LogP contribution is -2.28. The molecule has 0 bridgehead atoms. The fraction of sp³-hybridized carbons (Fsp3) is 0.875. The first kappa shape index (κ1) is 9.63. The molecule has 0 fully saturated rings. The van der Waals surface area contributed by atoms with Gasteiger partial charge >= 0.3 is 0 Å². The summed E-state index contributed by atoms with van der Waals surface area (Å²) < 4.78 is 0. The highest BCUT2D eigenvalue weighted by Gasteiger charge is 2.07. The molecule has 0 radical (unpaired) electrons. The van der Waals surface area contributed by atoms with E-state index in [0.29, 0.717) is 5.92 Å². The molecule has 2 unspecified atom stereocenters. The molecule has 0 spiro atoms. The fourth-order valence-corrected chi connectivity index (χ4v) is 0.842. The van der Waals surface area contributed by atoms with E-state index in [1.165, 1.54) is 0 Å². The molecule has 0 aromatic heterocycles. The van der Waals surface area contributed by atoms with Crippen molar-refractivity contribution in [2.24, 2.45) is 5.92 Å². The lowest BCUT2D eigenvalue weighted by Gasteiger charge is -2.12. The lowest BCUT2D eigenvalue weighted by atomic mass is 10.0. The molecule has 2 nitrogen and oxygen atoms in total. The third-order valence-corrected chi connectivity index (χ3v) is 1.89. The number of hydrogen-bond donors (Lipinski definition) is 1. The number of aldehydes is 1. The maximum Gasteiger partial charge on any atom is 0.136 e. The van der Waals surface area contributed by atoms with Gasteiger partial charge in [-0.25, -0.2) is 0 Å². The van der Waals surface area contributed by atoms with E-state index in [1.54, 1.807) is 0 Å². The zero-order valence-electron chi connectivity index (χ0n) is 7.05. The van der Waals surface area contributed by atoms with Crippen LogP contribution < -0.4 is 5.32 Å². The molecular weight excluding hydrogens is 126 g/mol. The molecule has 2 heteroatoms. The standard InChI is InChI=1S/C8H17NO/c1-4-7(2)5-8(6-10)9-3/h6-9H,4-5H2,1-3H3. The minimum atomic E-state index is 0.0509. The van der Waals surface area contributed by atoms with Crippen LogP contribution in [0.1, 0.15) is 26.7 Å². The molecule has 0 amide bonds. The third-order valence-electron chi connectivity index (χ3n) is 1.89. The predicted molar refractivity (Wildman–Crippen MR) is 43.0 cm³/mol. The Kier molecular flexibility index (Phi) is 5.22. The van der Waals surface area contributed by atoms with E-state index >= 15 is 0 Å². The van der Waals surface area contributed by atoms with Gasteiger partial charge in [-0.05, 0) is 19.4 Å². The normalized spacial score (nSPS) is 16.3. The molecule has 0 heterocycles. The monoisotopic (exact) mass is 143 g/mol. The topological polar surface area (TPSA) is 29.1 Å². The van der Waals surface area contributed by atoms with Gasteiger partial charge < -0.3 is 10.1 Å². The minimum Gasteiger partial charge on any atom is -0.311 e. The van der Waals surface area contributed by atoms with Gasteiger partial charge in [-0.1, -0.05) is 20.3 Å². The molecule has 0 aliphatic rings. The molecule has 1 N–H and O–H groups in total. The average Bonchev–Trinajstić information content (AvgIpc) is 1.99. The van der Waals surface area contributed by atoms with Gasteiger partial charge in [-0.15, -0.1) is 0 Å². The minimum absolute atomic E-state index is 0.0509. The van der Waals surface area contributed by atoms with Gasteiger partial charge in [0, 0.05) is 0 Å². The molecule has 10 heavy (non-hydrogen) atoms. The molecule has 2 atom stereocenters. The number of carbonyl (C=O) groups excluding carboxylic acids is 1. The Morgan fingerprint density at radius 3 is 2.50 bits per heavy atom. The number of hydrogen-bond acceptors (Lipinski definition) is 2. The largest absolute Gasteiger partial charge is 0.311 e. The zero-order chi connectivity index (χ0) is 7.98. The molecule has 0 saturated heterocycles. The highest BCUT2D eigenvalue weighted by molar-refractivity contribution is 5.57. The van der Waals surface area contributed by atoms with Crippen LogP contribution in [0.15, 0.2) is 0 Å². The number of carbonyl (C=O) groups is 1. The van der Waals surface area contributed by atoms with Crippen molar-refractivity contribution in [3.63, 3.8) is 0 Å². The van der Waals surface area contributed by atoms with Crippen LogP contribution in [0.5, 0.6) is 0 Å². The summed E-state index contributed by atoms with van der Waals surface area (Å²) >= 11 is 0. The maximum absolute atomic E-state index is 10.3. The van der Waals surface area contributed by atoms with Crippen LogP contribution in [-0.4, -0.2) is 19.4 Å². The molecular formula is C8H17NO. The van der Waals surface area contributed by atoms with Crippen molar-refractivity contribution in [2.75, 3.05) is 7.05 Å². The summed E-state index contributed by atoms with van der Waals surface area (Å²) in [6, 6.07) is 0.0509. The second kappa shape index (κ2) is 5.42. The molecule has 0 aliphatic heterocycles.